The van der Waals surface area contributed by atoms with E-state index in [1.165, 1.54) is 32.9 Å². The number of aromatic nitrogens is 3. The summed E-state index contributed by atoms with van der Waals surface area (Å²) >= 11 is 1.24. The van der Waals surface area contributed by atoms with E-state index in [2.05, 4.69) is 4.98 Å². The van der Waals surface area contributed by atoms with Gasteiger partial charge >= 0.3 is 11.7 Å². The van der Waals surface area contributed by atoms with Crippen LogP contribution in [0.15, 0.2) is 56.8 Å². The first-order valence-corrected chi connectivity index (χ1v) is 10.8. The third-order valence-corrected chi connectivity index (χ3v) is 6.47. The molecule has 166 valence electrons. The van der Waals surface area contributed by atoms with E-state index in [9.17, 15) is 14.4 Å². The number of oxazole rings is 1. The molecule has 0 saturated heterocycles. The third-order valence-electron chi connectivity index (χ3n) is 5.16. The summed E-state index contributed by atoms with van der Waals surface area (Å²) < 4.78 is 13.7. The van der Waals surface area contributed by atoms with Crippen molar-refractivity contribution >= 4 is 27.5 Å². The molecule has 3 heterocycles. The summed E-state index contributed by atoms with van der Waals surface area (Å²) in [4.78, 5) is 42.8. The number of nitrogens with zero attached hydrogens (tertiary/aromatic N) is 3. The van der Waals surface area contributed by atoms with Crippen LogP contribution in [0.4, 0.5) is 0 Å². The Balaban J connectivity index is 1.92. The molecule has 4 rings (SSSR count). The van der Waals surface area contributed by atoms with Crippen LogP contribution in [0.1, 0.15) is 24.2 Å². The Kier molecular flexibility index (Phi) is 6.06. The van der Waals surface area contributed by atoms with Gasteiger partial charge in [0, 0.05) is 6.54 Å². The number of benzene rings is 1. The Morgan fingerprint density at radius 1 is 1.25 bits per heavy atom. The first-order valence-electron chi connectivity index (χ1n) is 9.97. The average molecular weight is 455 g/mol. The molecule has 4 aromatic rings. The minimum atomic E-state index is -1.11. The minimum Gasteiger partial charge on any atom is -0.480 e. The number of aliphatic carboxylic acids is 1. The van der Waals surface area contributed by atoms with Crippen molar-refractivity contribution in [2.24, 2.45) is 0 Å². The highest BCUT2D eigenvalue weighted by molar-refractivity contribution is 7.22. The van der Waals surface area contributed by atoms with Crippen LogP contribution in [0.25, 0.3) is 21.0 Å². The molecular formula is C22H21N3O6S. The van der Waals surface area contributed by atoms with Gasteiger partial charge in [-0.1, -0.05) is 30.3 Å². The smallest absolute Gasteiger partial charge is 0.332 e. The van der Waals surface area contributed by atoms with Crippen LogP contribution in [0.2, 0.25) is 0 Å². The van der Waals surface area contributed by atoms with E-state index in [4.69, 9.17) is 14.3 Å². The van der Waals surface area contributed by atoms with Gasteiger partial charge in [0.25, 0.3) is 5.56 Å². The lowest BCUT2D eigenvalue weighted by Gasteiger charge is -2.20. The molecule has 0 aliphatic rings. The van der Waals surface area contributed by atoms with Crippen molar-refractivity contribution in [1.29, 1.82) is 0 Å². The highest BCUT2D eigenvalue weighted by Gasteiger charge is 2.24. The maximum absolute atomic E-state index is 13.3. The number of thiophene rings is 1. The van der Waals surface area contributed by atoms with Gasteiger partial charge in [0.1, 0.15) is 23.8 Å². The molecule has 10 heteroatoms. The lowest BCUT2D eigenvalue weighted by Crippen LogP contribution is -2.40. The van der Waals surface area contributed by atoms with Crippen LogP contribution < -0.4 is 11.2 Å². The van der Waals surface area contributed by atoms with Gasteiger partial charge in [-0.2, -0.15) is 0 Å². The Morgan fingerprint density at radius 3 is 2.62 bits per heavy atom. The fourth-order valence-corrected chi connectivity index (χ4v) is 4.88. The number of carboxylic acid groups (broad SMARTS) is 1. The summed E-state index contributed by atoms with van der Waals surface area (Å²) in [5, 5.41) is 9.52. The summed E-state index contributed by atoms with van der Waals surface area (Å²) in [7, 11) is 0. The molecular weight excluding hydrogens is 434 g/mol. The van der Waals surface area contributed by atoms with Crippen LogP contribution >= 0.6 is 11.3 Å². The molecule has 0 bridgehead atoms. The summed E-state index contributed by atoms with van der Waals surface area (Å²) in [5.74, 6) is -0.744. The molecule has 32 heavy (non-hydrogen) atoms. The summed E-state index contributed by atoms with van der Waals surface area (Å²) in [6.07, 6.45) is 2.26. The van der Waals surface area contributed by atoms with Crippen LogP contribution in [-0.4, -0.2) is 31.8 Å². The second-order valence-electron chi connectivity index (χ2n) is 7.12. The second kappa shape index (κ2) is 8.93. The van der Waals surface area contributed by atoms with Gasteiger partial charge in [-0.3, -0.25) is 13.9 Å². The van der Waals surface area contributed by atoms with E-state index in [0.29, 0.717) is 26.5 Å². The molecule has 3 aromatic heterocycles. The molecule has 0 saturated carbocycles. The lowest BCUT2D eigenvalue weighted by atomic mass is 10.1. The van der Waals surface area contributed by atoms with Gasteiger partial charge in [0.2, 0.25) is 5.89 Å². The summed E-state index contributed by atoms with van der Waals surface area (Å²) in [6.45, 7) is 3.24. The van der Waals surface area contributed by atoms with Crippen LogP contribution in [0.3, 0.4) is 0 Å². The maximum atomic E-state index is 13.3. The van der Waals surface area contributed by atoms with E-state index < -0.39 is 24.4 Å². The molecule has 0 aliphatic carbocycles. The molecule has 0 aliphatic heterocycles. The molecule has 0 radical (unpaired) electrons. The number of aryl methyl sites for hydroxylation is 1. The minimum absolute atomic E-state index is 0.0396. The van der Waals surface area contributed by atoms with Gasteiger partial charge in [0.15, 0.2) is 0 Å². The van der Waals surface area contributed by atoms with Gasteiger partial charge in [-0.05, 0) is 25.0 Å². The van der Waals surface area contributed by atoms with Crippen molar-refractivity contribution < 1.29 is 19.1 Å². The van der Waals surface area contributed by atoms with E-state index in [0.717, 1.165) is 5.56 Å². The van der Waals surface area contributed by atoms with Crippen LogP contribution in [0, 0.1) is 6.92 Å². The van der Waals surface area contributed by atoms with Gasteiger partial charge < -0.3 is 14.3 Å². The van der Waals surface area contributed by atoms with Gasteiger partial charge in [0.05, 0.1) is 23.0 Å². The van der Waals surface area contributed by atoms with Crippen molar-refractivity contribution in [3.63, 3.8) is 0 Å². The molecule has 1 atom stereocenters. The molecule has 0 spiro atoms. The predicted molar refractivity (Wildman–Crippen MR) is 119 cm³/mol. The van der Waals surface area contributed by atoms with Crippen molar-refractivity contribution in [3.05, 3.63) is 74.8 Å². The van der Waals surface area contributed by atoms with Crippen molar-refractivity contribution in [2.75, 3.05) is 6.61 Å². The highest BCUT2D eigenvalue weighted by atomic mass is 32.1. The second-order valence-corrected chi connectivity index (χ2v) is 8.12. The molecule has 1 unspecified atom stereocenters. The zero-order valence-electron chi connectivity index (χ0n) is 17.5. The monoisotopic (exact) mass is 455 g/mol. The predicted octanol–water partition coefficient (Wildman–Crippen LogP) is 3.05. The number of hydrogen-bond acceptors (Lipinski definition) is 7. The molecule has 0 amide bonds. The fraction of sp³-hybridized carbons (Fsp3) is 0.273. The number of carbonyl (C=O) groups is 1. The van der Waals surface area contributed by atoms with Crippen LogP contribution in [0.5, 0.6) is 0 Å². The number of hydrogen-bond donors (Lipinski definition) is 1. The Hall–Kier alpha value is -3.50. The number of rotatable bonds is 8. The topological polar surface area (TPSA) is 117 Å². The van der Waals surface area contributed by atoms with E-state index in [-0.39, 0.29) is 18.6 Å². The SMILES string of the molecule is CCn1c(=O)c2c(C)c(-c3ncco3)sc2n(CC(OCC(=O)O)c2ccccc2)c1=O. The van der Waals surface area contributed by atoms with E-state index in [1.54, 1.807) is 13.8 Å². The zero-order chi connectivity index (χ0) is 22.8. The summed E-state index contributed by atoms with van der Waals surface area (Å²) in [6, 6.07) is 9.08. The molecule has 0 fully saturated rings. The quantitative estimate of drug-likeness (QED) is 0.434. The molecule has 9 nitrogen and oxygen atoms in total. The van der Waals surface area contributed by atoms with Crippen molar-refractivity contribution in [1.82, 2.24) is 14.1 Å². The van der Waals surface area contributed by atoms with Crippen molar-refractivity contribution in [2.45, 2.75) is 33.0 Å². The maximum Gasteiger partial charge on any atom is 0.332 e. The molecule has 1 N–H and O–H groups in total. The van der Waals surface area contributed by atoms with Gasteiger partial charge in [-0.25, -0.2) is 14.6 Å². The van der Waals surface area contributed by atoms with E-state index in [1.807, 2.05) is 30.3 Å². The van der Waals surface area contributed by atoms with Crippen LogP contribution in [-0.2, 0) is 22.6 Å². The van der Waals surface area contributed by atoms with E-state index >= 15 is 0 Å². The first kappa shape index (κ1) is 21.7. The third kappa shape index (κ3) is 3.90. The average Bonchev–Trinajstić information content (AvgIpc) is 3.42. The Labute approximate surface area is 186 Å². The lowest BCUT2D eigenvalue weighted by molar-refractivity contribution is -0.144. The van der Waals surface area contributed by atoms with Crippen molar-refractivity contribution in [3.8, 4) is 10.8 Å². The number of carboxylic acids is 1. The van der Waals surface area contributed by atoms with Gasteiger partial charge in [-0.15, -0.1) is 11.3 Å². The normalized spacial score (nSPS) is 12.3. The molecule has 1 aromatic carbocycles. The zero-order valence-corrected chi connectivity index (χ0v) is 18.3. The standard InChI is InChI=1S/C22H21N3O6S/c1-3-24-20(28)17-13(2)18(19-23-9-10-30-19)32-21(17)25(22(24)29)11-15(31-12-16(26)27)14-7-5-4-6-8-14/h4-10,15H,3,11-12H2,1-2H3,(H,26,27). The number of ether oxygens (including phenoxy) is 1. The summed E-state index contributed by atoms with van der Waals surface area (Å²) in [5.41, 5.74) is 0.545. The highest BCUT2D eigenvalue weighted by Crippen LogP contribution is 2.36. The Morgan fingerprint density at radius 2 is 2.00 bits per heavy atom. The first-order chi connectivity index (χ1) is 15.4. The Bertz CT molecular complexity index is 1370. The number of fused-ring (bicyclic) bond motifs is 1. The fourth-order valence-electron chi connectivity index (χ4n) is 3.63. The largest absolute Gasteiger partial charge is 0.480 e.